The van der Waals surface area contributed by atoms with Crippen molar-refractivity contribution < 1.29 is 4.74 Å². The van der Waals surface area contributed by atoms with Crippen molar-refractivity contribution >= 4 is 23.0 Å². The van der Waals surface area contributed by atoms with E-state index in [4.69, 9.17) is 4.74 Å². The molecule has 1 unspecified atom stereocenters. The lowest BCUT2D eigenvalue weighted by Gasteiger charge is -2.14. The van der Waals surface area contributed by atoms with E-state index in [2.05, 4.69) is 37.0 Å². The first-order valence-corrected chi connectivity index (χ1v) is 9.63. The first-order valence-electron chi connectivity index (χ1n) is 9.63. The van der Waals surface area contributed by atoms with E-state index in [9.17, 15) is 5.26 Å². The monoisotopic (exact) mass is 401 g/mol. The molecule has 0 amide bonds. The zero-order chi connectivity index (χ0) is 20.3. The summed E-state index contributed by atoms with van der Waals surface area (Å²) in [4.78, 5) is 4.60. The molecule has 0 radical (unpaired) electrons. The fourth-order valence-corrected chi connectivity index (χ4v) is 3.45. The smallest absolute Gasteiger partial charge is 0.177 e. The van der Waals surface area contributed by atoms with Crippen molar-refractivity contribution in [2.45, 2.75) is 6.42 Å². The van der Waals surface area contributed by atoms with Crippen LogP contribution in [0.1, 0.15) is 12.0 Å². The SMILES string of the molecule is N#Cc1cnn2c(NCC3CCOC3)cc(Nc3cccc(-n4cnnc4)c3)nc12. The van der Waals surface area contributed by atoms with E-state index in [1.54, 1.807) is 17.2 Å². The summed E-state index contributed by atoms with van der Waals surface area (Å²) in [6, 6.07) is 11.9. The minimum absolute atomic E-state index is 0.421. The molecule has 5 rings (SSSR count). The molecule has 1 aromatic carbocycles. The van der Waals surface area contributed by atoms with Gasteiger partial charge in [0.1, 0.15) is 35.9 Å². The van der Waals surface area contributed by atoms with Crippen LogP contribution in [0.2, 0.25) is 0 Å². The van der Waals surface area contributed by atoms with Crippen LogP contribution in [0.25, 0.3) is 11.3 Å². The van der Waals surface area contributed by atoms with Gasteiger partial charge in [0.15, 0.2) is 5.65 Å². The molecular formula is C20H19N9O. The molecule has 4 heterocycles. The summed E-state index contributed by atoms with van der Waals surface area (Å²) in [5.41, 5.74) is 2.70. The Labute approximate surface area is 172 Å². The second-order valence-electron chi connectivity index (χ2n) is 7.09. The third-order valence-electron chi connectivity index (χ3n) is 5.02. The van der Waals surface area contributed by atoms with Crippen molar-refractivity contribution in [1.82, 2.24) is 29.4 Å². The maximum Gasteiger partial charge on any atom is 0.177 e. The second-order valence-corrected chi connectivity index (χ2v) is 7.09. The molecule has 1 aliphatic rings. The van der Waals surface area contributed by atoms with Gasteiger partial charge in [-0.25, -0.2) is 4.98 Å². The summed E-state index contributed by atoms with van der Waals surface area (Å²) in [7, 11) is 0. The topological polar surface area (TPSA) is 118 Å². The van der Waals surface area contributed by atoms with E-state index in [1.807, 2.05) is 34.9 Å². The molecule has 2 N–H and O–H groups in total. The van der Waals surface area contributed by atoms with Gasteiger partial charge in [0.25, 0.3) is 0 Å². The normalized spacial score (nSPS) is 15.9. The van der Waals surface area contributed by atoms with Crippen LogP contribution in [0.5, 0.6) is 0 Å². The molecule has 1 atom stereocenters. The van der Waals surface area contributed by atoms with Gasteiger partial charge in [-0.15, -0.1) is 10.2 Å². The average molecular weight is 401 g/mol. The van der Waals surface area contributed by atoms with E-state index in [0.717, 1.165) is 43.4 Å². The maximum absolute atomic E-state index is 9.43. The molecule has 10 nitrogen and oxygen atoms in total. The number of nitrogens with zero attached hydrogens (tertiary/aromatic N) is 7. The Morgan fingerprint density at radius 1 is 1.23 bits per heavy atom. The lowest BCUT2D eigenvalue weighted by molar-refractivity contribution is 0.187. The number of hydrogen-bond donors (Lipinski definition) is 2. The lowest BCUT2D eigenvalue weighted by Crippen LogP contribution is -2.16. The number of rotatable bonds is 6. The van der Waals surface area contributed by atoms with E-state index >= 15 is 0 Å². The van der Waals surface area contributed by atoms with Crippen molar-refractivity contribution in [3.63, 3.8) is 0 Å². The highest BCUT2D eigenvalue weighted by Gasteiger charge is 2.17. The number of nitriles is 1. The quantitative estimate of drug-likeness (QED) is 0.506. The van der Waals surface area contributed by atoms with E-state index < -0.39 is 0 Å². The Morgan fingerprint density at radius 3 is 2.93 bits per heavy atom. The molecule has 0 saturated carbocycles. The molecule has 0 aliphatic carbocycles. The summed E-state index contributed by atoms with van der Waals surface area (Å²) in [5, 5.41) is 28.2. The number of benzene rings is 1. The van der Waals surface area contributed by atoms with E-state index in [1.165, 1.54) is 6.20 Å². The van der Waals surface area contributed by atoms with Crippen LogP contribution in [0.15, 0.2) is 49.2 Å². The molecular weight excluding hydrogens is 382 g/mol. The number of aromatic nitrogens is 6. The molecule has 3 aromatic heterocycles. The molecule has 1 saturated heterocycles. The second kappa shape index (κ2) is 7.81. The molecule has 1 fully saturated rings. The Balaban J connectivity index is 1.46. The zero-order valence-electron chi connectivity index (χ0n) is 16.1. The van der Waals surface area contributed by atoms with Gasteiger partial charge in [0.05, 0.1) is 18.5 Å². The third-order valence-corrected chi connectivity index (χ3v) is 5.02. The first-order chi connectivity index (χ1) is 14.8. The van der Waals surface area contributed by atoms with Crippen LogP contribution >= 0.6 is 0 Å². The van der Waals surface area contributed by atoms with Crippen molar-refractivity contribution in [3.8, 4) is 11.8 Å². The summed E-state index contributed by atoms with van der Waals surface area (Å²) in [6.45, 7) is 2.32. The van der Waals surface area contributed by atoms with Gasteiger partial charge in [-0.05, 0) is 24.6 Å². The van der Waals surface area contributed by atoms with Crippen LogP contribution in [0.4, 0.5) is 17.3 Å². The number of ether oxygens (including phenoxy) is 1. The molecule has 150 valence electrons. The largest absolute Gasteiger partial charge is 0.381 e. The number of hydrogen-bond acceptors (Lipinski definition) is 8. The van der Waals surface area contributed by atoms with Crippen LogP contribution in [0, 0.1) is 17.2 Å². The fraction of sp³-hybridized carbons (Fsp3) is 0.250. The summed E-state index contributed by atoms with van der Waals surface area (Å²) in [6.07, 6.45) is 5.85. The van der Waals surface area contributed by atoms with Gasteiger partial charge >= 0.3 is 0 Å². The summed E-state index contributed by atoms with van der Waals surface area (Å²) < 4.78 is 8.94. The predicted molar refractivity (Wildman–Crippen MR) is 110 cm³/mol. The van der Waals surface area contributed by atoms with Gasteiger partial charge in [0.2, 0.25) is 0 Å². The third kappa shape index (κ3) is 3.54. The fourth-order valence-electron chi connectivity index (χ4n) is 3.45. The summed E-state index contributed by atoms with van der Waals surface area (Å²) >= 11 is 0. The molecule has 0 bridgehead atoms. The highest BCUT2D eigenvalue weighted by atomic mass is 16.5. The number of anilines is 3. The lowest BCUT2D eigenvalue weighted by atomic mass is 10.1. The van der Waals surface area contributed by atoms with Crippen LogP contribution in [-0.4, -0.2) is 49.1 Å². The van der Waals surface area contributed by atoms with Crippen LogP contribution < -0.4 is 10.6 Å². The van der Waals surface area contributed by atoms with Crippen LogP contribution in [0.3, 0.4) is 0 Å². The minimum Gasteiger partial charge on any atom is -0.381 e. The Kier molecular flexibility index (Phi) is 4.71. The Hall–Kier alpha value is -3.97. The van der Waals surface area contributed by atoms with Crippen molar-refractivity contribution in [1.29, 1.82) is 5.26 Å². The molecule has 30 heavy (non-hydrogen) atoms. The van der Waals surface area contributed by atoms with Crippen molar-refractivity contribution in [2.75, 3.05) is 30.4 Å². The zero-order valence-corrected chi connectivity index (χ0v) is 16.1. The molecule has 0 spiro atoms. The van der Waals surface area contributed by atoms with E-state index in [-0.39, 0.29) is 0 Å². The first kappa shape index (κ1) is 18.1. The maximum atomic E-state index is 9.43. The van der Waals surface area contributed by atoms with Gasteiger partial charge in [-0.1, -0.05) is 6.07 Å². The summed E-state index contributed by atoms with van der Waals surface area (Å²) in [5.74, 6) is 1.84. The van der Waals surface area contributed by atoms with Crippen molar-refractivity contribution in [2.24, 2.45) is 5.92 Å². The standard InChI is InChI=1S/C20H19N9O/c21-8-15-10-25-29-19(22-9-14-4-5-30-11-14)7-18(27-20(15)29)26-16-2-1-3-17(6-16)28-12-23-24-13-28/h1-3,6-7,10,12-14,22H,4-5,9,11H2,(H,26,27). The van der Waals surface area contributed by atoms with Crippen LogP contribution in [-0.2, 0) is 4.74 Å². The van der Waals surface area contributed by atoms with Gasteiger partial charge in [0, 0.05) is 30.8 Å². The number of nitrogens with one attached hydrogen (secondary N) is 2. The molecule has 4 aromatic rings. The minimum atomic E-state index is 0.421. The molecule has 1 aliphatic heterocycles. The van der Waals surface area contributed by atoms with Gasteiger partial charge in [-0.2, -0.15) is 14.9 Å². The van der Waals surface area contributed by atoms with Crippen molar-refractivity contribution in [3.05, 3.63) is 54.7 Å². The average Bonchev–Trinajstić information content (AvgIpc) is 3.54. The predicted octanol–water partition coefficient (Wildman–Crippen LogP) is 2.37. The van der Waals surface area contributed by atoms with Gasteiger partial charge in [-0.3, -0.25) is 4.57 Å². The highest BCUT2D eigenvalue weighted by molar-refractivity contribution is 5.67. The van der Waals surface area contributed by atoms with E-state index in [0.29, 0.717) is 22.9 Å². The highest BCUT2D eigenvalue weighted by Crippen LogP contribution is 2.24. The van der Waals surface area contributed by atoms with Gasteiger partial charge < -0.3 is 15.4 Å². The Bertz CT molecular complexity index is 1200. The number of fused-ring (bicyclic) bond motifs is 1. The molecule has 10 heteroatoms. The Morgan fingerprint density at radius 2 is 2.13 bits per heavy atom.